The Labute approximate surface area is 211 Å². The van der Waals surface area contributed by atoms with Gasteiger partial charge in [0.25, 0.3) is 0 Å². The second kappa shape index (κ2) is 10.4. The zero-order valence-corrected chi connectivity index (χ0v) is 21.3. The molecule has 0 saturated carbocycles. The predicted octanol–water partition coefficient (Wildman–Crippen LogP) is 1.70. The Morgan fingerprint density at radius 2 is 1.64 bits per heavy atom. The van der Waals surface area contributed by atoms with Crippen LogP contribution in [0, 0.1) is 11.3 Å². The van der Waals surface area contributed by atoms with Crippen LogP contribution >= 0.6 is 0 Å². The number of hydrogen-bond acceptors (Lipinski definition) is 6. The van der Waals surface area contributed by atoms with Crippen LogP contribution in [0.25, 0.3) is 10.8 Å². The maximum atomic E-state index is 13.5. The molecule has 9 nitrogen and oxygen atoms in total. The molecule has 1 fully saturated rings. The van der Waals surface area contributed by atoms with Crippen molar-refractivity contribution in [2.75, 3.05) is 32.4 Å². The number of fused-ring (bicyclic) bond motifs is 1. The number of benzene rings is 3. The Bertz CT molecular complexity index is 1540. The van der Waals surface area contributed by atoms with Crippen LogP contribution in [-0.4, -0.2) is 70.4 Å². The van der Waals surface area contributed by atoms with E-state index < -0.39 is 32.0 Å². The van der Waals surface area contributed by atoms with E-state index in [1.807, 2.05) is 30.3 Å². The topological polar surface area (TPSA) is 128 Å². The zero-order valence-electron chi connectivity index (χ0n) is 19.7. The van der Waals surface area contributed by atoms with Crippen molar-refractivity contribution < 1.29 is 21.6 Å². The molecule has 1 atom stereocenters. The SMILES string of the molecule is CS(=O)(=O)N1CCN(C(=O)[C@@H](Cc2cccc(C#N)c2)NS(=O)(=O)c2ccc3ccccc3c2)CC1. The van der Waals surface area contributed by atoms with E-state index in [0.717, 1.165) is 17.0 Å². The van der Waals surface area contributed by atoms with E-state index in [-0.39, 0.29) is 37.5 Å². The molecule has 36 heavy (non-hydrogen) atoms. The normalized spacial score (nSPS) is 15.9. The highest BCUT2D eigenvalue weighted by Gasteiger charge is 2.33. The minimum absolute atomic E-state index is 0.0340. The lowest BCUT2D eigenvalue weighted by molar-refractivity contribution is -0.134. The Hall–Kier alpha value is -3.30. The molecule has 1 heterocycles. The van der Waals surface area contributed by atoms with Crippen molar-refractivity contribution in [1.82, 2.24) is 13.9 Å². The van der Waals surface area contributed by atoms with Gasteiger partial charge in [0.2, 0.25) is 26.0 Å². The highest BCUT2D eigenvalue weighted by Crippen LogP contribution is 2.20. The number of sulfonamides is 2. The molecule has 1 N–H and O–H groups in total. The molecule has 0 aliphatic carbocycles. The van der Waals surface area contributed by atoms with Crippen molar-refractivity contribution in [3.63, 3.8) is 0 Å². The number of nitriles is 1. The third-order valence-electron chi connectivity index (χ3n) is 6.14. The first-order valence-corrected chi connectivity index (χ1v) is 14.6. The Balaban J connectivity index is 1.61. The molecule has 0 aromatic heterocycles. The quantitative estimate of drug-likeness (QED) is 0.499. The summed E-state index contributed by atoms with van der Waals surface area (Å²) in [5, 5.41) is 10.9. The van der Waals surface area contributed by atoms with Crippen molar-refractivity contribution in [2.45, 2.75) is 17.4 Å². The molecule has 188 valence electrons. The second-order valence-corrected chi connectivity index (χ2v) is 12.4. The minimum Gasteiger partial charge on any atom is -0.339 e. The van der Waals surface area contributed by atoms with E-state index in [2.05, 4.69) is 4.72 Å². The molecule has 0 bridgehead atoms. The standard InChI is InChI=1S/C25H26N4O5S2/c1-35(31,32)29-13-11-28(12-14-29)25(30)24(16-19-5-4-6-20(15-19)18-26)27-36(33,34)23-10-9-21-7-2-3-8-22(21)17-23/h2-10,15,17,24,27H,11-14,16H2,1H3/t24-/m1/s1. The summed E-state index contributed by atoms with van der Waals surface area (Å²) in [5.74, 6) is -0.449. The molecule has 0 radical (unpaired) electrons. The van der Waals surface area contributed by atoms with E-state index >= 15 is 0 Å². The van der Waals surface area contributed by atoms with Gasteiger partial charge in [0, 0.05) is 26.2 Å². The van der Waals surface area contributed by atoms with E-state index in [0.29, 0.717) is 11.1 Å². The van der Waals surface area contributed by atoms with Gasteiger partial charge in [-0.1, -0.05) is 42.5 Å². The van der Waals surface area contributed by atoms with Crippen LogP contribution in [0.3, 0.4) is 0 Å². The lowest BCUT2D eigenvalue weighted by atomic mass is 10.0. The third-order valence-corrected chi connectivity index (χ3v) is 8.91. The largest absolute Gasteiger partial charge is 0.339 e. The monoisotopic (exact) mass is 526 g/mol. The van der Waals surface area contributed by atoms with Crippen LogP contribution in [0.4, 0.5) is 0 Å². The van der Waals surface area contributed by atoms with Crippen LogP contribution in [0.1, 0.15) is 11.1 Å². The smallest absolute Gasteiger partial charge is 0.241 e. The average molecular weight is 527 g/mol. The molecule has 0 unspecified atom stereocenters. The summed E-state index contributed by atoms with van der Waals surface area (Å²) in [4.78, 5) is 15.0. The summed E-state index contributed by atoms with van der Waals surface area (Å²) in [7, 11) is -7.45. The van der Waals surface area contributed by atoms with Gasteiger partial charge < -0.3 is 4.90 Å². The number of carbonyl (C=O) groups is 1. The van der Waals surface area contributed by atoms with Crippen LogP contribution in [-0.2, 0) is 31.3 Å². The fraction of sp³-hybridized carbons (Fsp3) is 0.280. The van der Waals surface area contributed by atoms with Crippen molar-refractivity contribution in [2.24, 2.45) is 0 Å². The molecule has 1 aliphatic rings. The van der Waals surface area contributed by atoms with Gasteiger partial charge in [0.15, 0.2) is 0 Å². The average Bonchev–Trinajstić information content (AvgIpc) is 2.87. The molecule has 3 aromatic carbocycles. The van der Waals surface area contributed by atoms with Crippen molar-refractivity contribution in [3.05, 3.63) is 77.9 Å². The van der Waals surface area contributed by atoms with E-state index in [9.17, 15) is 26.9 Å². The highest BCUT2D eigenvalue weighted by molar-refractivity contribution is 7.89. The van der Waals surface area contributed by atoms with Crippen LogP contribution < -0.4 is 4.72 Å². The molecule has 4 rings (SSSR count). The van der Waals surface area contributed by atoms with Crippen LogP contribution in [0.15, 0.2) is 71.6 Å². The van der Waals surface area contributed by atoms with Crippen molar-refractivity contribution in [1.29, 1.82) is 5.26 Å². The molecule has 0 spiro atoms. The number of carbonyl (C=O) groups excluding carboxylic acids is 1. The molecule has 1 saturated heterocycles. The van der Waals surface area contributed by atoms with Gasteiger partial charge in [0.05, 0.1) is 22.8 Å². The Morgan fingerprint density at radius 3 is 2.31 bits per heavy atom. The zero-order chi connectivity index (χ0) is 25.9. The molecule has 11 heteroatoms. The van der Waals surface area contributed by atoms with Crippen molar-refractivity contribution in [3.8, 4) is 6.07 Å². The first kappa shape index (κ1) is 25.8. The number of rotatable bonds is 7. The maximum absolute atomic E-state index is 13.5. The second-order valence-electron chi connectivity index (χ2n) is 8.69. The van der Waals surface area contributed by atoms with E-state index in [1.165, 1.54) is 15.3 Å². The number of piperazine rings is 1. The minimum atomic E-state index is -4.07. The number of amides is 1. The van der Waals surface area contributed by atoms with Crippen molar-refractivity contribution >= 4 is 36.7 Å². The highest BCUT2D eigenvalue weighted by atomic mass is 32.2. The number of nitrogens with one attached hydrogen (secondary N) is 1. The fourth-order valence-electron chi connectivity index (χ4n) is 4.23. The summed E-state index contributed by atoms with van der Waals surface area (Å²) < 4.78 is 54.2. The molecular formula is C25H26N4O5S2. The Kier molecular flexibility index (Phi) is 7.42. The maximum Gasteiger partial charge on any atom is 0.241 e. The third kappa shape index (κ3) is 5.91. The van der Waals surface area contributed by atoms with Crippen LogP contribution in [0.5, 0.6) is 0 Å². The van der Waals surface area contributed by atoms with Gasteiger partial charge in [-0.2, -0.15) is 14.3 Å². The summed E-state index contributed by atoms with van der Waals surface area (Å²) in [6.45, 7) is 0.577. The number of hydrogen-bond donors (Lipinski definition) is 1. The Morgan fingerprint density at radius 1 is 0.944 bits per heavy atom. The fourth-order valence-corrected chi connectivity index (χ4v) is 6.28. The first-order chi connectivity index (χ1) is 17.1. The number of nitrogens with zero attached hydrogens (tertiary/aromatic N) is 3. The molecule has 3 aromatic rings. The van der Waals surface area contributed by atoms with Gasteiger partial charge in [-0.3, -0.25) is 4.79 Å². The van der Waals surface area contributed by atoms with Crippen LogP contribution in [0.2, 0.25) is 0 Å². The lowest BCUT2D eigenvalue weighted by Gasteiger charge is -2.35. The molecule has 1 amide bonds. The van der Waals surface area contributed by atoms with Gasteiger partial charge in [-0.15, -0.1) is 0 Å². The van der Waals surface area contributed by atoms with E-state index in [4.69, 9.17) is 0 Å². The van der Waals surface area contributed by atoms with Gasteiger partial charge in [-0.25, -0.2) is 16.8 Å². The first-order valence-electron chi connectivity index (χ1n) is 11.3. The summed E-state index contributed by atoms with van der Waals surface area (Å²) >= 11 is 0. The summed E-state index contributed by atoms with van der Waals surface area (Å²) in [5.41, 5.74) is 1.03. The molecule has 1 aliphatic heterocycles. The molecular weight excluding hydrogens is 500 g/mol. The summed E-state index contributed by atoms with van der Waals surface area (Å²) in [6, 6.07) is 19.7. The lowest BCUT2D eigenvalue weighted by Crippen LogP contribution is -2.56. The van der Waals surface area contributed by atoms with Gasteiger partial charge >= 0.3 is 0 Å². The summed E-state index contributed by atoms with van der Waals surface area (Å²) in [6.07, 6.45) is 1.15. The van der Waals surface area contributed by atoms with E-state index in [1.54, 1.807) is 36.4 Å². The van der Waals surface area contributed by atoms with Gasteiger partial charge in [0.1, 0.15) is 6.04 Å². The van der Waals surface area contributed by atoms with Gasteiger partial charge in [-0.05, 0) is 47.0 Å². The predicted molar refractivity (Wildman–Crippen MR) is 136 cm³/mol.